The van der Waals surface area contributed by atoms with Crippen molar-refractivity contribution >= 4 is 22.9 Å². The molecular formula is C29H39NO4S. The number of hydrogen-bond donors (Lipinski definition) is 0. The van der Waals surface area contributed by atoms with Gasteiger partial charge in [0, 0.05) is 38.2 Å². The van der Waals surface area contributed by atoms with Crippen LogP contribution in [0.25, 0.3) is 16.0 Å². The van der Waals surface area contributed by atoms with E-state index in [9.17, 15) is 4.79 Å². The number of aryl methyl sites for hydroxylation is 2. The Balaban J connectivity index is 1.90. The highest BCUT2D eigenvalue weighted by molar-refractivity contribution is 7.16. The maximum absolute atomic E-state index is 13.3. The lowest BCUT2D eigenvalue weighted by atomic mass is 9.76. The predicted molar refractivity (Wildman–Crippen MR) is 142 cm³/mol. The van der Waals surface area contributed by atoms with E-state index in [1.54, 1.807) is 11.3 Å². The number of esters is 1. The summed E-state index contributed by atoms with van der Waals surface area (Å²) in [6.45, 7) is 15.6. The first kappa shape index (κ1) is 25.9. The number of carbonyl (C=O) groups is 1. The minimum Gasteiger partial charge on any atom is -0.477 e. The number of allylic oxidation sites excluding steroid dienone is 2. The summed E-state index contributed by atoms with van der Waals surface area (Å²) in [7, 11) is 0. The van der Waals surface area contributed by atoms with Gasteiger partial charge in [-0.3, -0.25) is 0 Å². The van der Waals surface area contributed by atoms with Gasteiger partial charge < -0.3 is 14.2 Å². The van der Waals surface area contributed by atoms with E-state index in [1.807, 2.05) is 33.9 Å². The molecule has 0 fully saturated rings. The van der Waals surface area contributed by atoms with Crippen LogP contribution >= 0.6 is 11.3 Å². The molecule has 35 heavy (non-hydrogen) atoms. The fourth-order valence-electron chi connectivity index (χ4n) is 4.86. The SMILES string of the molecule is CCOC(=O)C(OC(C)(C)C)c1c(C)sc(-c2cnc3c(c2)CCCO3)c1C1=CCC(C)(C)CC1. The third-order valence-corrected chi connectivity index (χ3v) is 7.85. The molecular weight excluding hydrogens is 458 g/mol. The molecule has 0 aromatic carbocycles. The lowest BCUT2D eigenvalue weighted by Crippen LogP contribution is -2.29. The van der Waals surface area contributed by atoms with Gasteiger partial charge in [0.05, 0.1) is 18.8 Å². The zero-order chi connectivity index (χ0) is 25.4. The van der Waals surface area contributed by atoms with E-state index in [0.29, 0.717) is 6.61 Å². The average Bonchev–Trinajstić information content (AvgIpc) is 3.13. The van der Waals surface area contributed by atoms with E-state index < -0.39 is 11.7 Å². The standard InChI is InChI=1S/C29H39NO4S/c1-8-32-27(31)24(34-28(3,4)5)22-18(2)35-25(23(22)19-11-13-29(6,7)14-12-19)21-16-20-10-9-15-33-26(20)30-17-21/h11,16-17,24H,8-10,12-15H2,1-7H3. The van der Waals surface area contributed by atoms with E-state index in [1.165, 1.54) is 5.57 Å². The van der Waals surface area contributed by atoms with Crippen LogP contribution in [0.15, 0.2) is 18.3 Å². The van der Waals surface area contributed by atoms with Crippen LogP contribution in [0.5, 0.6) is 5.88 Å². The molecule has 2 aromatic heterocycles. The van der Waals surface area contributed by atoms with Gasteiger partial charge in [0.15, 0.2) is 6.10 Å². The Hall–Kier alpha value is -2.18. The van der Waals surface area contributed by atoms with E-state index in [2.05, 4.69) is 37.9 Å². The topological polar surface area (TPSA) is 57.7 Å². The zero-order valence-corrected chi connectivity index (χ0v) is 23.1. The number of nitrogens with zero attached hydrogens (tertiary/aromatic N) is 1. The number of pyridine rings is 1. The summed E-state index contributed by atoms with van der Waals surface area (Å²) in [6.07, 6.45) is 8.56. The van der Waals surface area contributed by atoms with E-state index >= 15 is 0 Å². The quantitative estimate of drug-likeness (QED) is 0.388. The van der Waals surface area contributed by atoms with Crippen LogP contribution in [0.2, 0.25) is 0 Å². The number of fused-ring (bicyclic) bond motifs is 1. The van der Waals surface area contributed by atoms with E-state index in [4.69, 9.17) is 14.2 Å². The molecule has 3 heterocycles. The Morgan fingerprint density at radius 3 is 2.71 bits per heavy atom. The summed E-state index contributed by atoms with van der Waals surface area (Å²) >= 11 is 1.72. The highest BCUT2D eigenvalue weighted by Gasteiger charge is 2.36. The van der Waals surface area contributed by atoms with Gasteiger partial charge in [-0.05, 0) is 83.8 Å². The summed E-state index contributed by atoms with van der Waals surface area (Å²) in [5, 5.41) is 0. The number of carbonyl (C=O) groups excluding carboxylic acids is 1. The summed E-state index contributed by atoms with van der Waals surface area (Å²) in [5.41, 5.74) is 5.37. The molecule has 6 heteroatoms. The van der Waals surface area contributed by atoms with Crippen LogP contribution in [-0.2, 0) is 20.7 Å². The van der Waals surface area contributed by atoms with Gasteiger partial charge in [0.2, 0.25) is 5.88 Å². The van der Waals surface area contributed by atoms with Crippen molar-refractivity contribution in [3.63, 3.8) is 0 Å². The summed E-state index contributed by atoms with van der Waals surface area (Å²) < 4.78 is 17.7. The van der Waals surface area contributed by atoms with Crippen LogP contribution in [0.3, 0.4) is 0 Å². The molecule has 2 aliphatic rings. The average molecular weight is 498 g/mol. The van der Waals surface area contributed by atoms with Crippen molar-refractivity contribution in [2.75, 3.05) is 13.2 Å². The first-order valence-electron chi connectivity index (χ1n) is 12.8. The Bertz CT molecular complexity index is 1120. The second-order valence-corrected chi connectivity index (χ2v) is 12.6. The van der Waals surface area contributed by atoms with Crippen molar-refractivity contribution in [2.45, 2.75) is 92.3 Å². The molecule has 0 saturated heterocycles. The second kappa shape index (κ2) is 10.1. The molecule has 4 rings (SSSR count). The van der Waals surface area contributed by atoms with Gasteiger partial charge in [-0.25, -0.2) is 9.78 Å². The molecule has 0 N–H and O–H groups in total. The molecule has 0 saturated carbocycles. The maximum Gasteiger partial charge on any atom is 0.340 e. The molecule has 1 aliphatic heterocycles. The smallest absolute Gasteiger partial charge is 0.340 e. The Labute approximate surface area is 213 Å². The van der Waals surface area contributed by atoms with Gasteiger partial charge >= 0.3 is 5.97 Å². The Kier molecular flexibility index (Phi) is 7.44. The van der Waals surface area contributed by atoms with E-state index in [0.717, 1.165) is 76.6 Å². The van der Waals surface area contributed by atoms with Crippen LogP contribution in [0.1, 0.15) is 94.9 Å². The third kappa shape index (κ3) is 5.80. The van der Waals surface area contributed by atoms with Gasteiger partial charge in [-0.15, -0.1) is 11.3 Å². The second-order valence-electron chi connectivity index (χ2n) is 11.4. The van der Waals surface area contributed by atoms with Crippen molar-refractivity contribution in [1.82, 2.24) is 4.98 Å². The molecule has 5 nitrogen and oxygen atoms in total. The monoisotopic (exact) mass is 497 g/mol. The van der Waals surface area contributed by atoms with Crippen LogP contribution in [-0.4, -0.2) is 29.8 Å². The number of thiophene rings is 1. The van der Waals surface area contributed by atoms with E-state index in [-0.39, 0.29) is 11.4 Å². The van der Waals surface area contributed by atoms with Gasteiger partial charge in [-0.2, -0.15) is 0 Å². The van der Waals surface area contributed by atoms with Crippen LogP contribution in [0.4, 0.5) is 0 Å². The highest BCUT2D eigenvalue weighted by atomic mass is 32.1. The predicted octanol–water partition coefficient (Wildman–Crippen LogP) is 7.46. The Morgan fingerprint density at radius 2 is 2.06 bits per heavy atom. The van der Waals surface area contributed by atoms with Crippen LogP contribution < -0.4 is 4.74 Å². The van der Waals surface area contributed by atoms with Gasteiger partial charge in [-0.1, -0.05) is 19.9 Å². The lowest BCUT2D eigenvalue weighted by Gasteiger charge is -2.31. The maximum atomic E-state index is 13.3. The number of rotatable bonds is 6. The van der Waals surface area contributed by atoms with Gasteiger partial charge in [0.1, 0.15) is 0 Å². The molecule has 1 aliphatic carbocycles. The Morgan fingerprint density at radius 1 is 1.29 bits per heavy atom. The molecule has 0 spiro atoms. The summed E-state index contributed by atoms with van der Waals surface area (Å²) in [5.74, 6) is 0.416. The number of ether oxygens (including phenoxy) is 3. The largest absolute Gasteiger partial charge is 0.477 e. The molecule has 1 atom stereocenters. The molecule has 0 amide bonds. The minimum absolute atomic E-state index is 0.280. The molecule has 1 unspecified atom stereocenters. The summed E-state index contributed by atoms with van der Waals surface area (Å²) in [6, 6.07) is 2.22. The zero-order valence-electron chi connectivity index (χ0n) is 22.2. The van der Waals surface area contributed by atoms with Crippen molar-refractivity contribution < 1.29 is 19.0 Å². The lowest BCUT2D eigenvalue weighted by molar-refractivity contribution is -0.166. The molecule has 2 aromatic rings. The third-order valence-electron chi connectivity index (χ3n) is 6.68. The minimum atomic E-state index is -0.778. The van der Waals surface area contributed by atoms with Crippen LogP contribution in [0, 0.1) is 12.3 Å². The fraction of sp³-hybridized carbons (Fsp3) is 0.586. The van der Waals surface area contributed by atoms with Crippen molar-refractivity contribution in [3.8, 4) is 16.3 Å². The molecule has 0 radical (unpaired) electrons. The first-order chi connectivity index (χ1) is 16.5. The highest BCUT2D eigenvalue weighted by Crippen LogP contribution is 2.49. The van der Waals surface area contributed by atoms with Crippen molar-refractivity contribution in [1.29, 1.82) is 0 Å². The summed E-state index contributed by atoms with van der Waals surface area (Å²) in [4.78, 5) is 20.1. The first-order valence-corrected chi connectivity index (χ1v) is 13.6. The van der Waals surface area contributed by atoms with Crippen molar-refractivity contribution in [2.24, 2.45) is 5.41 Å². The van der Waals surface area contributed by atoms with Crippen molar-refractivity contribution in [3.05, 3.63) is 39.9 Å². The molecule has 0 bridgehead atoms. The molecule has 190 valence electrons. The fourth-order valence-corrected chi connectivity index (χ4v) is 6.06. The number of aromatic nitrogens is 1. The normalized spacial score (nSPS) is 18.3. The number of hydrogen-bond acceptors (Lipinski definition) is 6. The van der Waals surface area contributed by atoms with Gasteiger partial charge in [0.25, 0.3) is 0 Å².